The van der Waals surface area contributed by atoms with Gasteiger partial charge >= 0.3 is 12.1 Å². The summed E-state index contributed by atoms with van der Waals surface area (Å²) in [6.45, 7) is 3.04. The molecule has 2 amide bonds. The number of benzene rings is 2. The van der Waals surface area contributed by atoms with E-state index in [2.05, 4.69) is 20.8 Å². The molecule has 1 saturated heterocycles. The summed E-state index contributed by atoms with van der Waals surface area (Å²) in [7, 11) is 1.50. The number of rotatable bonds is 11. The van der Waals surface area contributed by atoms with E-state index in [1.54, 1.807) is 44.2 Å². The van der Waals surface area contributed by atoms with E-state index in [-0.39, 0.29) is 49.3 Å². The van der Waals surface area contributed by atoms with Crippen LogP contribution in [0.5, 0.6) is 0 Å². The van der Waals surface area contributed by atoms with E-state index < -0.39 is 34.2 Å². The van der Waals surface area contributed by atoms with Gasteiger partial charge < -0.3 is 14.6 Å². The smallest absolute Gasteiger partial charge is 0.339 e. The van der Waals surface area contributed by atoms with Crippen molar-refractivity contribution in [3.63, 3.8) is 0 Å². The summed E-state index contributed by atoms with van der Waals surface area (Å²) < 4.78 is 43.6. The van der Waals surface area contributed by atoms with E-state index in [9.17, 15) is 27.6 Å². The first-order chi connectivity index (χ1) is 19.3. The number of alkyl halides is 3. The Kier molecular flexibility index (Phi) is 8.71. The highest BCUT2D eigenvalue weighted by molar-refractivity contribution is 5.90. The standard InChI is InChI=1S/C28H30F3N5O5/c1-18(41-36(3)16-23(38)33-25(26(36)39)20-9-5-4-6-10-20)34-27(2,17-37)13-12-22-32-24(40-35-22)15-19-8-7-11-21(14-19)28(29,30)31/h4-11,14,17-18,25,34H,12-13,15-16H2,1-3H3/p+1/t18?,25?,27-,36+/m0/s1. The molecule has 0 spiro atoms. The second kappa shape index (κ2) is 11.9. The van der Waals surface area contributed by atoms with Gasteiger partial charge in [0.2, 0.25) is 5.89 Å². The zero-order valence-corrected chi connectivity index (χ0v) is 22.8. The van der Waals surface area contributed by atoms with Crippen molar-refractivity contribution in [2.75, 3.05) is 13.6 Å². The molecule has 2 N–H and O–H groups in total. The normalized spacial score (nSPS) is 21.7. The number of likely N-dealkylation sites (N-methyl/N-ethyl adjacent to an activating group) is 1. The van der Waals surface area contributed by atoms with E-state index in [0.717, 1.165) is 12.1 Å². The number of piperazine rings is 1. The number of amides is 2. The third kappa shape index (κ3) is 7.43. The molecule has 13 heteroatoms. The van der Waals surface area contributed by atoms with Gasteiger partial charge in [-0.3, -0.25) is 10.1 Å². The molecule has 1 aliphatic rings. The lowest BCUT2D eigenvalue weighted by molar-refractivity contribution is -1.03. The summed E-state index contributed by atoms with van der Waals surface area (Å²) in [5.41, 5.74) is -0.894. The van der Waals surface area contributed by atoms with Crippen LogP contribution in [0.1, 0.15) is 54.7 Å². The summed E-state index contributed by atoms with van der Waals surface area (Å²) in [5.74, 6) is -0.297. The maximum absolute atomic E-state index is 13.3. The zero-order chi connectivity index (χ0) is 29.8. The minimum Gasteiger partial charge on any atom is -0.339 e. The lowest BCUT2D eigenvalue weighted by Crippen LogP contribution is -2.65. The third-order valence-electron chi connectivity index (χ3n) is 6.77. The number of carbonyl (C=O) groups is 3. The van der Waals surface area contributed by atoms with Gasteiger partial charge in [0.05, 0.1) is 17.5 Å². The number of halogens is 3. The topological polar surface area (TPSA) is 123 Å². The Morgan fingerprint density at radius 3 is 2.61 bits per heavy atom. The molecule has 1 aromatic heterocycles. The molecule has 2 heterocycles. The van der Waals surface area contributed by atoms with Crippen LogP contribution >= 0.6 is 0 Å². The fourth-order valence-electron chi connectivity index (χ4n) is 4.73. The molecule has 41 heavy (non-hydrogen) atoms. The van der Waals surface area contributed by atoms with E-state index in [0.29, 0.717) is 17.4 Å². The van der Waals surface area contributed by atoms with Gasteiger partial charge in [0.15, 0.2) is 24.6 Å². The van der Waals surface area contributed by atoms with E-state index in [1.165, 1.54) is 19.2 Å². The van der Waals surface area contributed by atoms with Crippen LogP contribution in [0, 0.1) is 0 Å². The molecule has 0 saturated carbocycles. The first kappa shape index (κ1) is 30.0. The summed E-state index contributed by atoms with van der Waals surface area (Å²) in [5, 5.41) is 9.65. The molecule has 4 atom stereocenters. The van der Waals surface area contributed by atoms with Gasteiger partial charge in [0.1, 0.15) is 13.3 Å². The highest BCUT2D eigenvalue weighted by Crippen LogP contribution is 2.30. The number of hydroxylamine groups is 3. The van der Waals surface area contributed by atoms with Crippen LogP contribution in [0.3, 0.4) is 0 Å². The number of quaternary nitrogens is 1. The minimum atomic E-state index is -4.46. The summed E-state index contributed by atoms with van der Waals surface area (Å²) in [6.07, 6.45) is -4.12. The molecular formula is C28H31F3N5O5+. The molecular weight excluding hydrogens is 543 g/mol. The van der Waals surface area contributed by atoms with Crippen molar-refractivity contribution in [1.29, 1.82) is 0 Å². The molecule has 0 bridgehead atoms. The number of aldehydes is 1. The molecule has 1 aliphatic heterocycles. The van der Waals surface area contributed by atoms with Crippen molar-refractivity contribution < 1.29 is 41.6 Å². The Balaban J connectivity index is 1.36. The fraction of sp³-hybridized carbons (Fsp3) is 0.393. The number of hydrogen-bond acceptors (Lipinski definition) is 8. The third-order valence-corrected chi connectivity index (χ3v) is 6.77. The summed E-state index contributed by atoms with van der Waals surface area (Å²) in [6, 6.07) is 12.8. The number of aromatic nitrogens is 2. The number of nitrogens with zero attached hydrogens (tertiary/aromatic N) is 3. The van der Waals surface area contributed by atoms with Gasteiger partial charge in [-0.05, 0) is 37.5 Å². The average Bonchev–Trinajstić information content (AvgIpc) is 3.37. The molecule has 10 nitrogen and oxygen atoms in total. The number of nitrogens with one attached hydrogen (secondary N) is 2. The molecule has 3 aromatic rings. The van der Waals surface area contributed by atoms with Crippen molar-refractivity contribution in [2.45, 2.75) is 57.1 Å². The molecule has 2 unspecified atom stereocenters. The highest BCUT2D eigenvalue weighted by atomic mass is 19.4. The van der Waals surface area contributed by atoms with Gasteiger partial charge in [0.25, 0.3) is 5.91 Å². The van der Waals surface area contributed by atoms with Gasteiger partial charge in [-0.2, -0.15) is 23.0 Å². The van der Waals surface area contributed by atoms with Crippen LogP contribution in [0.2, 0.25) is 0 Å². The highest BCUT2D eigenvalue weighted by Gasteiger charge is 2.49. The van der Waals surface area contributed by atoms with Crippen molar-refractivity contribution in [2.24, 2.45) is 0 Å². The van der Waals surface area contributed by atoms with Gasteiger partial charge in [-0.25, -0.2) is 4.79 Å². The Hall–Kier alpha value is -3.94. The van der Waals surface area contributed by atoms with Crippen LogP contribution in [-0.2, 0) is 38.2 Å². The minimum absolute atomic E-state index is 0.0209. The maximum atomic E-state index is 13.3. The first-order valence-corrected chi connectivity index (χ1v) is 12.9. The summed E-state index contributed by atoms with van der Waals surface area (Å²) in [4.78, 5) is 48.1. The van der Waals surface area contributed by atoms with Crippen LogP contribution in [-0.4, -0.2) is 58.2 Å². The Bertz CT molecular complexity index is 1400. The Morgan fingerprint density at radius 2 is 1.93 bits per heavy atom. The predicted octanol–water partition coefficient (Wildman–Crippen LogP) is 3.28. The number of hydrogen-bond donors (Lipinski definition) is 2. The van der Waals surface area contributed by atoms with Crippen LogP contribution < -0.4 is 10.6 Å². The lowest BCUT2D eigenvalue weighted by atomic mass is 9.97. The van der Waals surface area contributed by atoms with Crippen LogP contribution in [0.4, 0.5) is 13.2 Å². The second-order valence-corrected chi connectivity index (χ2v) is 10.4. The first-order valence-electron chi connectivity index (χ1n) is 12.9. The predicted molar refractivity (Wildman–Crippen MR) is 138 cm³/mol. The van der Waals surface area contributed by atoms with Gasteiger partial charge in [0, 0.05) is 6.42 Å². The van der Waals surface area contributed by atoms with Crippen LogP contribution in [0.25, 0.3) is 0 Å². The Morgan fingerprint density at radius 1 is 1.20 bits per heavy atom. The van der Waals surface area contributed by atoms with Crippen LogP contribution in [0.15, 0.2) is 59.1 Å². The van der Waals surface area contributed by atoms with Crippen molar-refractivity contribution in [3.05, 3.63) is 83.0 Å². The second-order valence-electron chi connectivity index (χ2n) is 10.4. The maximum Gasteiger partial charge on any atom is 0.416 e. The number of carbonyl (C=O) groups excluding carboxylic acids is 3. The SMILES string of the molecule is CC(N[C@](C)(C=O)CCc1noc(Cc2cccc(C(F)(F)F)c2)n1)O[N@+]1(C)CC(=O)NC(c2ccccc2)C1=O. The molecule has 0 aliphatic carbocycles. The monoisotopic (exact) mass is 574 g/mol. The molecule has 0 radical (unpaired) electrons. The molecule has 2 aromatic carbocycles. The largest absolute Gasteiger partial charge is 0.416 e. The molecule has 1 fully saturated rings. The zero-order valence-electron chi connectivity index (χ0n) is 22.8. The van der Waals surface area contributed by atoms with E-state index in [4.69, 9.17) is 9.36 Å². The number of aryl methyl sites for hydroxylation is 1. The van der Waals surface area contributed by atoms with E-state index in [1.807, 2.05) is 0 Å². The van der Waals surface area contributed by atoms with Crippen molar-refractivity contribution in [1.82, 2.24) is 20.8 Å². The summed E-state index contributed by atoms with van der Waals surface area (Å²) >= 11 is 0. The lowest BCUT2D eigenvalue weighted by Gasteiger charge is -2.38. The van der Waals surface area contributed by atoms with Gasteiger partial charge in [-0.15, -0.1) is 4.65 Å². The van der Waals surface area contributed by atoms with Crippen molar-refractivity contribution in [3.8, 4) is 0 Å². The van der Waals surface area contributed by atoms with E-state index >= 15 is 0 Å². The quantitative estimate of drug-likeness (QED) is 0.203. The Labute approximate surface area is 234 Å². The molecule has 218 valence electrons. The van der Waals surface area contributed by atoms with Crippen molar-refractivity contribution >= 4 is 18.1 Å². The fourth-order valence-corrected chi connectivity index (χ4v) is 4.73. The average molecular weight is 575 g/mol. The van der Waals surface area contributed by atoms with Gasteiger partial charge in [-0.1, -0.05) is 53.7 Å². The molecule has 4 rings (SSSR count).